The summed E-state index contributed by atoms with van der Waals surface area (Å²) in [6.45, 7) is 1.58. The number of allylic oxidation sites excluding steroid dienone is 1. The van der Waals surface area contributed by atoms with Crippen LogP contribution in [0.4, 0.5) is 0 Å². The first-order chi connectivity index (χ1) is 17.8. The van der Waals surface area contributed by atoms with Crippen LogP contribution in [0.1, 0.15) is 28.8 Å². The molecule has 1 unspecified atom stereocenters. The van der Waals surface area contributed by atoms with E-state index in [2.05, 4.69) is 5.32 Å². The van der Waals surface area contributed by atoms with Gasteiger partial charge >= 0.3 is 11.9 Å². The van der Waals surface area contributed by atoms with Crippen LogP contribution in [0, 0.1) is 0 Å². The maximum Gasteiger partial charge on any atom is 0.336 e. The Morgan fingerprint density at radius 3 is 2.22 bits per heavy atom. The van der Waals surface area contributed by atoms with E-state index in [1.165, 1.54) is 14.2 Å². The van der Waals surface area contributed by atoms with Crippen molar-refractivity contribution in [3.8, 4) is 0 Å². The molecule has 0 spiro atoms. The van der Waals surface area contributed by atoms with Gasteiger partial charge in [0.2, 0.25) is 6.41 Å². The Bertz CT molecular complexity index is 1240. The van der Waals surface area contributed by atoms with Gasteiger partial charge in [-0.3, -0.25) is 14.5 Å². The molecular weight excluding hydrogens is 500 g/mol. The zero-order chi connectivity index (χ0) is 26.9. The molecule has 1 atom stereocenters. The molecule has 1 N–H and O–H groups in total. The Kier molecular flexibility index (Phi) is 9.59. The van der Waals surface area contributed by atoms with Gasteiger partial charge in [0.25, 0.3) is 5.91 Å². The van der Waals surface area contributed by atoms with E-state index in [4.69, 9.17) is 25.8 Å². The summed E-state index contributed by atoms with van der Waals surface area (Å²) in [5, 5.41) is 3.41. The first kappa shape index (κ1) is 27.6. The molecule has 0 aromatic heterocycles. The Labute approximate surface area is 219 Å². The largest absolute Gasteiger partial charge is 0.466 e. The van der Waals surface area contributed by atoms with Crippen LogP contribution in [0.2, 0.25) is 5.02 Å². The molecule has 0 bridgehead atoms. The third kappa shape index (κ3) is 6.25. The molecular formula is C27H27ClN2O7. The smallest absolute Gasteiger partial charge is 0.336 e. The molecule has 37 heavy (non-hydrogen) atoms. The number of amides is 2. The number of dihydropyridines is 1. The van der Waals surface area contributed by atoms with E-state index in [-0.39, 0.29) is 30.9 Å². The van der Waals surface area contributed by atoms with Gasteiger partial charge in [-0.2, -0.15) is 0 Å². The average molecular weight is 527 g/mol. The number of methoxy groups -OCH3 is 2. The Balaban J connectivity index is 1.87. The fourth-order valence-corrected chi connectivity index (χ4v) is 4.29. The van der Waals surface area contributed by atoms with Gasteiger partial charge in [-0.15, -0.1) is 0 Å². The van der Waals surface area contributed by atoms with E-state index in [1.54, 1.807) is 61.5 Å². The highest BCUT2D eigenvalue weighted by molar-refractivity contribution is 6.31. The topological polar surface area (TPSA) is 111 Å². The van der Waals surface area contributed by atoms with E-state index in [9.17, 15) is 19.2 Å². The molecule has 1 aliphatic heterocycles. The standard InChI is InChI=1S/C27H27ClN2O7/c1-17-22(26(33)35-2)23(19-11-7-8-12-20(19)28)24(27(34)36-3)21(29-17)15-37-14-13-30(16-31)25(32)18-9-5-4-6-10-18/h4-12,16,23,29H,13-15H2,1-3H3. The second-order valence-corrected chi connectivity index (χ2v) is 8.42. The number of ether oxygens (including phenoxy) is 3. The Morgan fingerprint density at radius 2 is 1.59 bits per heavy atom. The van der Waals surface area contributed by atoms with Crippen LogP contribution >= 0.6 is 11.6 Å². The minimum absolute atomic E-state index is 0.000324. The number of nitrogens with one attached hydrogen (secondary N) is 1. The zero-order valence-corrected chi connectivity index (χ0v) is 21.4. The summed E-state index contributed by atoms with van der Waals surface area (Å²) in [6, 6.07) is 15.3. The van der Waals surface area contributed by atoms with Gasteiger partial charge in [-0.1, -0.05) is 48.0 Å². The zero-order valence-electron chi connectivity index (χ0n) is 20.7. The lowest BCUT2D eigenvalue weighted by atomic mass is 9.80. The molecule has 1 aliphatic rings. The molecule has 0 fully saturated rings. The van der Waals surface area contributed by atoms with Crippen molar-refractivity contribution in [1.29, 1.82) is 0 Å². The predicted octanol–water partition coefficient (Wildman–Crippen LogP) is 3.22. The summed E-state index contributed by atoms with van der Waals surface area (Å²) in [5.41, 5.74) is 2.04. The van der Waals surface area contributed by atoms with Crippen LogP contribution in [0.5, 0.6) is 0 Å². The van der Waals surface area contributed by atoms with E-state index >= 15 is 0 Å². The van der Waals surface area contributed by atoms with Crippen molar-refractivity contribution in [2.24, 2.45) is 0 Å². The van der Waals surface area contributed by atoms with Gasteiger partial charge in [0, 0.05) is 16.3 Å². The summed E-state index contributed by atoms with van der Waals surface area (Å²) in [7, 11) is 2.49. The van der Waals surface area contributed by atoms with E-state index in [0.717, 1.165) is 4.90 Å². The molecule has 1 heterocycles. The molecule has 0 saturated heterocycles. The van der Waals surface area contributed by atoms with Crippen molar-refractivity contribution in [3.05, 3.63) is 93.3 Å². The number of halogens is 1. The number of nitrogens with zero attached hydrogens (tertiary/aromatic N) is 1. The Morgan fingerprint density at radius 1 is 0.973 bits per heavy atom. The Hall–Kier alpha value is -3.95. The van der Waals surface area contributed by atoms with Crippen molar-refractivity contribution in [2.45, 2.75) is 12.8 Å². The first-order valence-corrected chi connectivity index (χ1v) is 11.7. The van der Waals surface area contributed by atoms with Crippen molar-refractivity contribution in [1.82, 2.24) is 10.2 Å². The van der Waals surface area contributed by atoms with Crippen LogP contribution in [-0.2, 0) is 28.6 Å². The van der Waals surface area contributed by atoms with Crippen molar-refractivity contribution in [3.63, 3.8) is 0 Å². The monoisotopic (exact) mass is 526 g/mol. The highest BCUT2D eigenvalue weighted by atomic mass is 35.5. The quantitative estimate of drug-likeness (QED) is 0.285. The molecule has 0 saturated carbocycles. The van der Waals surface area contributed by atoms with Gasteiger partial charge in [0.1, 0.15) is 0 Å². The van der Waals surface area contributed by atoms with Crippen molar-refractivity contribution >= 4 is 35.9 Å². The third-order valence-electron chi connectivity index (χ3n) is 5.80. The fraction of sp³-hybridized carbons (Fsp3) is 0.259. The fourth-order valence-electron chi connectivity index (χ4n) is 4.05. The maximum atomic E-state index is 13.0. The minimum Gasteiger partial charge on any atom is -0.466 e. The number of hydrogen-bond donors (Lipinski definition) is 1. The highest BCUT2D eigenvalue weighted by Gasteiger charge is 2.39. The summed E-state index contributed by atoms with van der Waals surface area (Å²) in [6.07, 6.45) is 0.444. The molecule has 0 radical (unpaired) electrons. The minimum atomic E-state index is -0.875. The van der Waals surface area contributed by atoms with Crippen LogP contribution in [0.3, 0.4) is 0 Å². The molecule has 2 amide bonds. The van der Waals surface area contributed by atoms with Crippen LogP contribution in [-0.4, -0.2) is 63.1 Å². The summed E-state index contributed by atoms with van der Waals surface area (Å²) in [4.78, 5) is 50.8. The summed E-state index contributed by atoms with van der Waals surface area (Å²) in [5.74, 6) is -2.64. The highest BCUT2D eigenvalue weighted by Crippen LogP contribution is 2.41. The third-order valence-corrected chi connectivity index (χ3v) is 6.15. The van der Waals surface area contributed by atoms with Gasteiger partial charge in [-0.05, 0) is 30.7 Å². The second kappa shape index (κ2) is 12.8. The molecule has 2 aromatic rings. The molecule has 2 aromatic carbocycles. The lowest BCUT2D eigenvalue weighted by molar-refractivity contribution is -0.137. The number of benzene rings is 2. The van der Waals surface area contributed by atoms with Crippen molar-refractivity contribution < 1.29 is 33.4 Å². The molecule has 9 nitrogen and oxygen atoms in total. The number of carbonyl (C=O) groups excluding carboxylic acids is 4. The molecule has 0 aliphatic carbocycles. The number of hydrogen-bond acceptors (Lipinski definition) is 8. The lowest BCUT2D eigenvalue weighted by Crippen LogP contribution is -2.36. The van der Waals surface area contributed by atoms with Crippen LogP contribution < -0.4 is 5.32 Å². The SMILES string of the molecule is COC(=O)C1=C(C)NC(COCCN(C=O)C(=O)c2ccccc2)=C(C(=O)OC)C1c1ccccc1Cl. The first-order valence-electron chi connectivity index (χ1n) is 11.3. The number of imide groups is 1. The van der Waals surface area contributed by atoms with Gasteiger partial charge in [0.05, 0.1) is 56.7 Å². The second-order valence-electron chi connectivity index (χ2n) is 8.02. The van der Waals surface area contributed by atoms with E-state index in [0.29, 0.717) is 34.0 Å². The number of rotatable bonds is 10. The normalized spacial score (nSPS) is 15.1. The maximum absolute atomic E-state index is 13.0. The molecule has 10 heteroatoms. The van der Waals surface area contributed by atoms with E-state index < -0.39 is 23.8 Å². The lowest BCUT2D eigenvalue weighted by Gasteiger charge is -2.31. The van der Waals surface area contributed by atoms with Gasteiger partial charge < -0.3 is 19.5 Å². The van der Waals surface area contributed by atoms with Crippen molar-refractivity contribution in [2.75, 3.05) is 34.0 Å². The summed E-state index contributed by atoms with van der Waals surface area (Å²) < 4.78 is 15.8. The number of esters is 2. The van der Waals surface area contributed by atoms with Gasteiger partial charge in [0.15, 0.2) is 0 Å². The summed E-state index contributed by atoms with van der Waals surface area (Å²) >= 11 is 6.47. The van der Waals surface area contributed by atoms with Crippen LogP contribution in [0.25, 0.3) is 0 Å². The molecule has 3 rings (SSSR count). The average Bonchev–Trinajstić information content (AvgIpc) is 2.92. The predicted molar refractivity (Wildman–Crippen MR) is 135 cm³/mol. The van der Waals surface area contributed by atoms with Gasteiger partial charge in [-0.25, -0.2) is 9.59 Å². The van der Waals surface area contributed by atoms with E-state index in [1.807, 2.05) is 0 Å². The van der Waals surface area contributed by atoms with Crippen LogP contribution in [0.15, 0.2) is 77.1 Å². The molecule has 194 valence electrons. The number of carbonyl (C=O) groups is 4.